The van der Waals surface area contributed by atoms with Crippen LogP contribution in [0.1, 0.15) is 40.0 Å². The van der Waals surface area contributed by atoms with E-state index >= 15 is 0 Å². The maximum atomic E-state index is 4.06. The third-order valence-electron chi connectivity index (χ3n) is 3.40. The molecule has 0 aromatic carbocycles. The quantitative estimate of drug-likeness (QED) is 0.487. The number of rotatable bonds is 1. The van der Waals surface area contributed by atoms with E-state index in [9.17, 15) is 0 Å². The molecule has 1 aliphatic rings. The van der Waals surface area contributed by atoms with Crippen LogP contribution in [0.4, 0.5) is 0 Å². The number of allylic oxidation sites excluding steroid dienone is 1. The molecule has 0 amide bonds. The Morgan fingerprint density at radius 1 is 1.60 bits per heavy atom. The summed E-state index contributed by atoms with van der Waals surface area (Å²) in [5.74, 6) is 0.852. The highest BCUT2D eigenvalue weighted by molar-refractivity contribution is 5.09. The van der Waals surface area contributed by atoms with Crippen LogP contribution in [-0.2, 0) is 0 Å². The zero-order valence-electron chi connectivity index (χ0n) is 7.41. The van der Waals surface area contributed by atoms with Gasteiger partial charge in [-0.3, -0.25) is 0 Å². The molecular weight excluding hydrogens is 120 g/mol. The minimum absolute atomic E-state index is 0.458. The van der Waals surface area contributed by atoms with E-state index in [2.05, 4.69) is 27.4 Å². The van der Waals surface area contributed by atoms with Gasteiger partial charge in [-0.1, -0.05) is 32.4 Å². The van der Waals surface area contributed by atoms with Gasteiger partial charge in [-0.15, -0.1) is 0 Å². The van der Waals surface area contributed by atoms with Crippen molar-refractivity contribution in [1.29, 1.82) is 0 Å². The Labute approximate surface area is 64.3 Å². The molecule has 0 aromatic rings. The monoisotopic (exact) mass is 138 g/mol. The predicted octanol–water partition coefficient (Wildman–Crippen LogP) is 3.39. The molecule has 0 heterocycles. The maximum absolute atomic E-state index is 4.06. The predicted molar refractivity (Wildman–Crippen MR) is 45.9 cm³/mol. The first-order valence-electron chi connectivity index (χ1n) is 4.23. The van der Waals surface area contributed by atoms with Crippen molar-refractivity contribution in [3.8, 4) is 0 Å². The lowest BCUT2D eigenvalue weighted by molar-refractivity contribution is 0.309. The molecule has 0 nitrogen and oxygen atoms in total. The lowest BCUT2D eigenvalue weighted by Crippen LogP contribution is -2.19. The molecule has 1 saturated carbocycles. The van der Waals surface area contributed by atoms with Gasteiger partial charge in [0.2, 0.25) is 0 Å². The topological polar surface area (TPSA) is 0 Å². The van der Waals surface area contributed by atoms with Gasteiger partial charge in [0, 0.05) is 0 Å². The zero-order valence-corrected chi connectivity index (χ0v) is 7.41. The second-order valence-corrected chi connectivity index (χ2v) is 3.99. The standard InChI is InChI=1S/C10H18/c1-8(2)10(4)7-5-6-9(10)3/h9H,1,5-7H2,2-4H3. The van der Waals surface area contributed by atoms with Crippen LogP contribution in [-0.4, -0.2) is 0 Å². The summed E-state index contributed by atoms with van der Waals surface area (Å²) in [6.07, 6.45) is 4.14. The average Bonchev–Trinajstić information content (AvgIpc) is 2.15. The van der Waals surface area contributed by atoms with Crippen LogP contribution in [0.5, 0.6) is 0 Å². The highest BCUT2D eigenvalue weighted by atomic mass is 14.4. The molecule has 2 unspecified atom stereocenters. The van der Waals surface area contributed by atoms with Gasteiger partial charge < -0.3 is 0 Å². The van der Waals surface area contributed by atoms with Crippen molar-refractivity contribution >= 4 is 0 Å². The molecule has 58 valence electrons. The molecule has 1 rings (SSSR count). The summed E-state index contributed by atoms with van der Waals surface area (Å²) in [6, 6.07) is 0. The fourth-order valence-electron chi connectivity index (χ4n) is 1.97. The van der Waals surface area contributed by atoms with Crippen molar-refractivity contribution < 1.29 is 0 Å². The van der Waals surface area contributed by atoms with E-state index in [4.69, 9.17) is 0 Å². The Bertz CT molecular complexity index is 146. The van der Waals surface area contributed by atoms with Crippen LogP contribution < -0.4 is 0 Å². The number of hydrogen-bond acceptors (Lipinski definition) is 0. The van der Waals surface area contributed by atoms with E-state index in [0.29, 0.717) is 5.41 Å². The van der Waals surface area contributed by atoms with Gasteiger partial charge in [-0.25, -0.2) is 0 Å². The van der Waals surface area contributed by atoms with Crippen molar-refractivity contribution in [2.45, 2.75) is 40.0 Å². The first kappa shape index (κ1) is 7.84. The zero-order chi connectivity index (χ0) is 7.78. The third-order valence-corrected chi connectivity index (χ3v) is 3.40. The van der Waals surface area contributed by atoms with E-state index < -0.39 is 0 Å². The first-order valence-corrected chi connectivity index (χ1v) is 4.23. The molecule has 1 fully saturated rings. The molecule has 2 atom stereocenters. The van der Waals surface area contributed by atoms with E-state index in [0.717, 1.165) is 5.92 Å². The highest BCUT2D eigenvalue weighted by Crippen LogP contribution is 2.47. The van der Waals surface area contributed by atoms with Crippen LogP contribution >= 0.6 is 0 Å². The van der Waals surface area contributed by atoms with Gasteiger partial charge in [0.05, 0.1) is 0 Å². The minimum Gasteiger partial charge on any atom is -0.0996 e. The van der Waals surface area contributed by atoms with Crippen molar-refractivity contribution in [3.05, 3.63) is 12.2 Å². The van der Waals surface area contributed by atoms with E-state index in [1.165, 1.54) is 24.8 Å². The van der Waals surface area contributed by atoms with Crippen LogP contribution in [0.3, 0.4) is 0 Å². The largest absolute Gasteiger partial charge is 0.0996 e. The maximum Gasteiger partial charge on any atom is -0.00962 e. The summed E-state index contributed by atoms with van der Waals surface area (Å²) in [7, 11) is 0. The van der Waals surface area contributed by atoms with Gasteiger partial charge in [0.1, 0.15) is 0 Å². The average molecular weight is 138 g/mol. The molecule has 0 bridgehead atoms. The molecule has 0 spiro atoms. The fraction of sp³-hybridized carbons (Fsp3) is 0.800. The molecule has 0 N–H and O–H groups in total. The molecule has 0 aliphatic heterocycles. The van der Waals surface area contributed by atoms with Crippen LogP contribution in [0.25, 0.3) is 0 Å². The first-order chi connectivity index (χ1) is 4.57. The van der Waals surface area contributed by atoms with Crippen LogP contribution in [0.15, 0.2) is 12.2 Å². The SMILES string of the molecule is C=C(C)C1(C)CCCC1C. The second-order valence-electron chi connectivity index (χ2n) is 3.99. The van der Waals surface area contributed by atoms with Gasteiger partial charge in [0.15, 0.2) is 0 Å². The summed E-state index contributed by atoms with van der Waals surface area (Å²) in [5.41, 5.74) is 1.83. The van der Waals surface area contributed by atoms with Gasteiger partial charge in [0.25, 0.3) is 0 Å². The van der Waals surface area contributed by atoms with Crippen molar-refractivity contribution in [2.75, 3.05) is 0 Å². The van der Waals surface area contributed by atoms with E-state index in [-0.39, 0.29) is 0 Å². The van der Waals surface area contributed by atoms with Crippen LogP contribution in [0, 0.1) is 11.3 Å². The van der Waals surface area contributed by atoms with Gasteiger partial charge >= 0.3 is 0 Å². The summed E-state index contributed by atoms with van der Waals surface area (Å²) in [5, 5.41) is 0. The molecule has 0 heteroatoms. The molecule has 0 aromatic heterocycles. The Balaban J connectivity index is 2.75. The van der Waals surface area contributed by atoms with Crippen molar-refractivity contribution in [1.82, 2.24) is 0 Å². The van der Waals surface area contributed by atoms with Crippen LogP contribution in [0.2, 0.25) is 0 Å². The Morgan fingerprint density at radius 2 is 2.20 bits per heavy atom. The normalized spacial score (nSPS) is 40.1. The molecule has 0 saturated heterocycles. The summed E-state index contributed by atoms with van der Waals surface area (Å²) in [6.45, 7) is 10.9. The Hall–Kier alpha value is -0.260. The lowest BCUT2D eigenvalue weighted by atomic mass is 9.76. The summed E-state index contributed by atoms with van der Waals surface area (Å²) < 4.78 is 0. The molecule has 0 radical (unpaired) electrons. The lowest BCUT2D eigenvalue weighted by Gasteiger charge is -2.29. The van der Waals surface area contributed by atoms with E-state index in [1.54, 1.807) is 0 Å². The Kier molecular flexibility index (Phi) is 1.89. The van der Waals surface area contributed by atoms with Gasteiger partial charge in [-0.2, -0.15) is 0 Å². The second kappa shape index (κ2) is 2.41. The fourth-order valence-corrected chi connectivity index (χ4v) is 1.97. The summed E-state index contributed by atoms with van der Waals surface area (Å²) >= 11 is 0. The number of hydrogen-bond donors (Lipinski definition) is 0. The summed E-state index contributed by atoms with van der Waals surface area (Å²) in [4.78, 5) is 0. The Morgan fingerprint density at radius 3 is 2.40 bits per heavy atom. The van der Waals surface area contributed by atoms with E-state index in [1.807, 2.05) is 0 Å². The highest BCUT2D eigenvalue weighted by Gasteiger charge is 2.35. The minimum atomic E-state index is 0.458. The van der Waals surface area contributed by atoms with Crippen molar-refractivity contribution in [2.24, 2.45) is 11.3 Å². The molecular formula is C10H18. The molecule has 10 heavy (non-hydrogen) atoms. The molecule has 1 aliphatic carbocycles. The smallest absolute Gasteiger partial charge is 0.00962 e. The third kappa shape index (κ3) is 1.00. The van der Waals surface area contributed by atoms with Crippen molar-refractivity contribution in [3.63, 3.8) is 0 Å². The van der Waals surface area contributed by atoms with Gasteiger partial charge in [-0.05, 0) is 31.1 Å².